The highest BCUT2D eigenvalue weighted by molar-refractivity contribution is 9.10. The summed E-state index contributed by atoms with van der Waals surface area (Å²) >= 11 is 3.34. The largest absolute Gasteiger partial charge is 0.395 e. The second-order valence-electron chi connectivity index (χ2n) is 3.52. The van der Waals surface area contributed by atoms with Crippen molar-refractivity contribution in [1.29, 1.82) is 0 Å². The number of hydrogen-bond donors (Lipinski definition) is 2. The SMILES string of the molecule is O=C(Cc1onc2cc(Br)ccc12)NCCO. The Morgan fingerprint density at radius 3 is 3.12 bits per heavy atom. The van der Waals surface area contributed by atoms with Crippen molar-refractivity contribution in [1.82, 2.24) is 10.5 Å². The molecule has 6 heteroatoms. The van der Waals surface area contributed by atoms with E-state index < -0.39 is 0 Å². The Morgan fingerprint density at radius 1 is 1.53 bits per heavy atom. The normalized spacial score (nSPS) is 10.7. The van der Waals surface area contributed by atoms with E-state index >= 15 is 0 Å². The van der Waals surface area contributed by atoms with Crippen molar-refractivity contribution in [2.45, 2.75) is 6.42 Å². The number of aliphatic hydroxyl groups excluding tert-OH is 1. The van der Waals surface area contributed by atoms with Crippen molar-refractivity contribution in [2.75, 3.05) is 13.2 Å². The Kier molecular flexibility index (Phi) is 3.75. The van der Waals surface area contributed by atoms with Crippen LogP contribution in [0, 0.1) is 0 Å². The van der Waals surface area contributed by atoms with Gasteiger partial charge in [0.2, 0.25) is 5.91 Å². The van der Waals surface area contributed by atoms with Crippen molar-refractivity contribution in [3.05, 3.63) is 28.4 Å². The van der Waals surface area contributed by atoms with Crippen LogP contribution in [0.25, 0.3) is 10.9 Å². The first-order valence-electron chi connectivity index (χ1n) is 5.12. The van der Waals surface area contributed by atoms with Gasteiger partial charge >= 0.3 is 0 Å². The molecular weight excluding hydrogens is 288 g/mol. The molecule has 0 radical (unpaired) electrons. The molecule has 0 saturated carbocycles. The lowest BCUT2D eigenvalue weighted by Gasteiger charge is -2.00. The lowest BCUT2D eigenvalue weighted by atomic mass is 10.2. The van der Waals surface area contributed by atoms with Crippen LogP contribution in [0.2, 0.25) is 0 Å². The Labute approximate surface area is 106 Å². The Bertz CT molecular complexity index is 538. The van der Waals surface area contributed by atoms with Gasteiger partial charge in [-0.3, -0.25) is 4.79 Å². The van der Waals surface area contributed by atoms with E-state index in [0.717, 1.165) is 9.86 Å². The van der Waals surface area contributed by atoms with Crippen LogP contribution in [-0.4, -0.2) is 29.3 Å². The molecule has 2 N–H and O–H groups in total. The second-order valence-corrected chi connectivity index (χ2v) is 4.43. The van der Waals surface area contributed by atoms with Gasteiger partial charge in [-0.1, -0.05) is 21.1 Å². The van der Waals surface area contributed by atoms with Crippen molar-refractivity contribution in [3.63, 3.8) is 0 Å². The van der Waals surface area contributed by atoms with E-state index in [0.29, 0.717) is 11.3 Å². The van der Waals surface area contributed by atoms with Crippen LogP contribution in [0.1, 0.15) is 5.76 Å². The fourth-order valence-corrected chi connectivity index (χ4v) is 1.85. The summed E-state index contributed by atoms with van der Waals surface area (Å²) in [6.07, 6.45) is 0.123. The zero-order chi connectivity index (χ0) is 12.3. The first-order valence-corrected chi connectivity index (χ1v) is 5.91. The number of aromatic nitrogens is 1. The quantitative estimate of drug-likeness (QED) is 0.890. The summed E-state index contributed by atoms with van der Waals surface area (Å²) in [4.78, 5) is 11.5. The Morgan fingerprint density at radius 2 is 2.35 bits per heavy atom. The minimum absolute atomic E-state index is 0.0736. The predicted octanol–water partition coefficient (Wildman–Crippen LogP) is 1.24. The van der Waals surface area contributed by atoms with E-state index in [4.69, 9.17) is 9.63 Å². The molecule has 1 heterocycles. The van der Waals surface area contributed by atoms with Crippen LogP contribution >= 0.6 is 15.9 Å². The second kappa shape index (κ2) is 5.29. The molecular formula is C11H11BrN2O3. The molecule has 2 aromatic rings. The molecule has 1 amide bonds. The number of benzene rings is 1. The topological polar surface area (TPSA) is 75.4 Å². The Hall–Kier alpha value is -1.40. The number of rotatable bonds is 4. The van der Waals surface area contributed by atoms with Gasteiger partial charge in [0.25, 0.3) is 0 Å². The molecule has 0 fully saturated rings. The van der Waals surface area contributed by atoms with Crippen LogP contribution in [0.5, 0.6) is 0 Å². The van der Waals surface area contributed by atoms with Gasteiger partial charge in [-0.2, -0.15) is 0 Å². The molecule has 5 nitrogen and oxygen atoms in total. The van der Waals surface area contributed by atoms with E-state index in [2.05, 4.69) is 26.4 Å². The highest BCUT2D eigenvalue weighted by Gasteiger charge is 2.12. The number of fused-ring (bicyclic) bond motifs is 1. The first kappa shape index (κ1) is 12.1. The van der Waals surface area contributed by atoms with Gasteiger partial charge in [0.1, 0.15) is 5.52 Å². The van der Waals surface area contributed by atoms with Crippen molar-refractivity contribution < 1.29 is 14.4 Å². The van der Waals surface area contributed by atoms with Gasteiger partial charge < -0.3 is 14.9 Å². The molecule has 0 bridgehead atoms. The third kappa shape index (κ3) is 2.83. The smallest absolute Gasteiger partial charge is 0.227 e. The van der Waals surface area contributed by atoms with Gasteiger partial charge in [-0.05, 0) is 18.2 Å². The number of amides is 1. The standard InChI is InChI=1S/C11H11BrN2O3/c12-7-1-2-8-9(5-7)14-17-10(8)6-11(16)13-3-4-15/h1-2,5,15H,3-4,6H2,(H,13,16). The van der Waals surface area contributed by atoms with Crippen molar-refractivity contribution >= 4 is 32.7 Å². The zero-order valence-corrected chi connectivity index (χ0v) is 10.5. The molecule has 0 atom stereocenters. The summed E-state index contributed by atoms with van der Waals surface area (Å²) < 4.78 is 6.04. The van der Waals surface area contributed by atoms with Crippen LogP contribution < -0.4 is 5.32 Å². The summed E-state index contributed by atoms with van der Waals surface area (Å²) in [5, 5.41) is 15.9. The van der Waals surface area contributed by atoms with Gasteiger partial charge in [-0.25, -0.2) is 0 Å². The number of hydrogen-bond acceptors (Lipinski definition) is 4. The third-order valence-corrected chi connectivity index (χ3v) is 2.76. The zero-order valence-electron chi connectivity index (χ0n) is 8.94. The van der Waals surface area contributed by atoms with E-state index in [1.807, 2.05) is 18.2 Å². The minimum atomic E-state index is -0.194. The first-order chi connectivity index (χ1) is 8.20. The van der Waals surface area contributed by atoms with E-state index in [1.54, 1.807) is 0 Å². The van der Waals surface area contributed by atoms with Gasteiger partial charge in [0.15, 0.2) is 5.76 Å². The Balaban J connectivity index is 2.16. The lowest BCUT2D eigenvalue weighted by molar-refractivity contribution is -0.120. The van der Waals surface area contributed by atoms with E-state index in [1.165, 1.54) is 0 Å². The summed E-state index contributed by atoms with van der Waals surface area (Å²) in [5.74, 6) is 0.336. The number of nitrogens with zero attached hydrogens (tertiary/aromatic N) is 1. The van der Waals surface area contributed by atoms with E-state index in [9.17, 15) is 4.79 Å². The minimum Gasteiger partial charge on any atom is -0.395 e. The fourth-order valence-electron chi connectivity index (χ4n) is 1.50. The maximum absolute atomic E-state index is 11.5. The maximum Gasteiger partial charge on any atom is 0.227 e. The highest BCUT2D eigenvalue weighted by Crippen LogP contribution is 2.22. The lowest BCUT2D eigenvalue weighted by Crippen LogP contribution is -2.27. The van der Waals surface area contributed by atoms with Crippen LogP contribution in [0.4, 0.5) is 0 Å². The number of aliphatic hydroxyl groups is 1. The molecule has 1 aromatic heterocycles. The van der Waals surface area contributed by atoms with Gasteiger partial charge in [0, 0.05) is 16.4 Å². The third-order valence-electron chi connectivity index (χ3n) is 2.27. The summed E-state index contributed by atoms with van der Waals surface area (Å²) in [6, 6.07) is 5.55. The number of halogens is 1. The van der Waals surface area contributed by atoms with Crippen molar-refractivity contribution in [2.24, 2.45) is 0 Å². The predicted molar refractivity (Wildman–Crippen MR) is 65.5 cm³/mol. The summed E-state index contributed by atoms with van der Waals surface area (Å²) in [5.41, 5.74) is 0.712. The average molecular weight is 299 g/mol. The molecule has 2 rings (SSSR count). The van der Waals surface area contributed by atoms with Crippen LogP contribution in [0.3, 0.4) is 0 Å². The monoisotopic (exact) mass is 298 g/mol. The fraction of sp³-hybridized carbons (Fsp3) is 0.273. The number of nitrogens with one attached hydrogen (secondary N) is 1. The molecule has 0 aliphatic rings. The molecule has 0 spiro atoms. The summed E-state index contributed by atoms with van der Waals surface area (Å²) in [7, 11) is 0. The number of carbonyl (C=O) groups is 1. The highest BCUT2D eigenvalue weighted by atomic mass is 79.9. The molecule has 0 unspecified atom stereocenters. The molecule has 1 aromatic carbocycles. The van der Waals surface area contributed by atoms with Gasteiger partial charge in [-0.15, -0.1) is 0 Å². The molecule has 17 heavy (non-hydrogen) atoms. The van der Waals surface area contributed by atoms with Crippen LogP contribution in [0.15, 0.2) is 27.2 Å². The summed E-state index contributed by atoms with van der Waals surface area (Å²) in [6.45, 7) is 0.173. The van der Waals surface area contributed by atoms with Crippen molar-refractivity contribution in [3.8, 4) is 0 Å². The van der Waals surface area contributed by atoms with Crippen LogP contribution in [-0.2, 0) is 11.2 Å². The molecule has 0 saturated heterocycles. The molecule has 90 valence electrons. The molecule has 0 aliphatic carbocycles. The maximum atomic E-state index is 11.5. The van der Waals surface area contributed by atoms with Gasteiger partial charge in [0.05, 0.1) is 13.0 Å². The number of carbonyl (C=O) groups excluding carboxylic acids is 1. The average Bonchev–Trinajstić information content (AvgIpc) is 2.69. The van der Waals surface area contributed by atoms with E-state index in [-0.39, 0.29) is 25.5 Å². The molecule has 0 aliphatic heterocycles.